The van der Waals surface area contributed by atoms with Gasteiger partial charge in [0, 0.05) is 30.2 Å². The highest BCUT2D eigenvalue weighted by Gasteiger charge is 2.33. The van der Waals surface area contributed by atoms with Crippen LogP contribution >= 0.6 is 0 Å². The molecule has 1 aromatic carbocycles. The average molecular weight is 436 g/mol. The van der Waals surface area contributed by atoms with E-state index in [1.807, 2.05) is 27.7 Å². The van der Waals surface area contributed by atoms with E-state index < -0.39 is 10.0 Å². The quantitative estimate of drug-likeness (QED) is 0.744. The Hall–Kier alpha value is -1.93. The van der Waals surface area contributed by atoms with E-state index in [1.54, 1.807) is 22.5 Å². The second-order valence-corrected chi connectivity index (χ2v) is 10.9. The number of benzene rings is 1. The fraction of sp³-hybridized carbons (Fsp3) is 0.636. The number of carbonyl (C=O) groups is 2. The fourth-order valence-electron chi connectivity index (χ4n) is 4.08. The first-order chi connectivity index (χ1) is 14.0. The molecule has 2 amide bonds. The third-order valence-corrected chi connectivity index (χ3v) is 8.27. The second kappa shape index (κ2) is 8.67. The highest BCUT2D eigenvalue weighted by molar-refractivity contribution is 7.89. The van der Waals surface area contributed by atoms with E-state index >= 15 is 0 Å². The summed E-state index contributed by atoms with van der Waals surface area (Å²) in [5.74, 6) is -0.339. The molecule has 166 valence electrons. The number of piperidine rings is 1. The molecule has 0 aliphatic carbocycles. The van der Waals surface area contributed by atoms with Gasteiger partial charge in [-0.15, -0.1) is 0 Å². The van der Waals surface area contributed by atoms with Crippen LogP contribution in [0.1, 0.15) is 65.4 Å². The monoisotopic (exact) mass is 435 g/mol. The number of fused-ring (bicyclic) bond motifs is 1. The van der Waals surface area contributed by atoms with Crippen LogP contribution in [0, 0.1) is 0 Å². The number of sulfonamides is 1. The van der Waals surface area contributed by atoms with E-state index in [1.165, 1.54) is 4.90 Å². The summed E-state index contributed by atoms with van der Waals surface area (Å²) in [4.78, 5) is 26.8. The van der Waals surface area contributed by atoms with Gasteiger partial charge in [-0.3, -0.25) is 9.59 Å². The zero-order valence-corrected chi connectivity index (χ0v) is 19.2. The lowest BCUT2D eigenvalue weighted by Gasteiger charge is -2.33. The van der Waals surface area contributed by atoms with Crippen LogP contribution in [0.25, 0.3) is 0 Å². The van der Waals surface area contributed by atoms with Crippen LogP contribution in [0.3, 0.4) is 0 Å². The maximum absolute atomic E-state index is 13.2. The van der Waals surface area contributed by atoms with Crippen molar-refractivity contribution in [3.05, 3.63) is 23.8 Å². The van der Waals surface area contributed by atoms with Gasteiger partial charge in [0.05, 0.1) is 4.90 Å². The lowest BCUT2D eigenvalue weighted by Crippen LogP contribution is -2.49. The number of aryl methyl sites for hydroxylation is 1. The van der Waals surface area contributed by atoms with Crippen LogP contribution in [0.5, 0.6) is 0 Å². The number of hydrogen-bond acceptors (Lipinski definition) is 4. The molecule has 1 atom stereocenters. The Bertz CT molecular complexity index is 926. The number of rotatable bonds is 6. The van der Waals surface area contributed by atoms with Crippen molar-refractivity contribution >= 4 is 27.5 Å². The third kappa shape index (κ3) is 4.70. The molecule has 1 saturated heterocycles. The predicted molar refractivity (Wildman–Crippen MR) is 117 cm³/mol. The zero-order chi connectivity index (χ0) is 22.1. The Labute approximate surface area is 179 Å². The number of nitrogens with one attached hydrogen (secondary N) is 1. The molecule has 30 heavy (non-hydrogen) atoms. The molecule has 0 radical (unpaired) electrons. The average Bonchev–Trinajstić information content (AvgIpc) is 2.69. The molecule has 2 aliphatic heterocycles. The van der Waals surface area contributed by atoms with Gasteiger partial charge in [-0.1, -0.05) is 13.3 Å². The van der Waals surface area contributed by atoms with Crippen LogP contribution in [-0.4, -0.2) is 49.2 Å². The molecule has 2 aliphatic rings. The normalized spacial score (nSPS) is 20.7. The SMILES string of the molecule is CCC(C)(C)NC(=O)CN1C(=O)CCc2cc(S(=O)(=O)N3CCCC[C@H]3C)ccc21. The number of carbonyl (C=O) groups excluding carboxylic acids is 2. The number of nitrogens with zero attached hydrogens (tertiary/aromatic N) is 2. The van der Waals surface area contributed by atoms with Gasteiger partial charge in [0.25, 0.3) is 0 Å². The van der Waals surface area contributed by atoms with Gasteiger partial charge >= 0.3 is 0 Å². The Morgan fingerprint density at radius 1 is 1.23 bits per heavy atom. The highest BCUT2D eigenvalue weighted by Crippen LogP contribution is 2.32. The molecule has 7 nitrogen and oxygen atoms in total. The standard InChI is InChI=1S/C22H33N3O4S/c1-5-22(3,4)23-20(26)15-24-19-11-10-18(14-17(19)9-12-21(24)27)30(28,29)25-13-7-6-8-16(25)2/h10-11,14,16H,5-9,12-13,15H2,1-4H3,(H,23,26)/t16-/m1/s1. The van der Waals surface area contributed by atoms with Crippen LogP contribution in [0.4, 0.5) is 5.69 Å². The molecule has 1 fully saturated rings. The van der Waals surface area contributed by atoms with Crippen molar-refractivity contribution in [1.82, 2.24) is 9.62 Å². The summed E-state index contributed by atoms with van der Waals surface area (Å²) in [5.41, 5.74) is 1.08. The molecule has 1 aromatic rings. The molecule has 1 N–H and O–H groups in total. The van der Waals surface area contributed by atoms with Gasteiger partial charge in [-0.25, -0.2) is 8.42 Å². The summed E-state index contributed by atoms with van der Waals surface area (Å²) in [7, 11) is -3.58. The third-order valence-electron chi connectivity index (χ3n) is 6.26. The van der Waals surface area contributed by atoms with Crippen LogP contribution in [0.15, 0.2) is 23.1 Å². The molecule has 2 heterocycles. The minimum Gasteiger partial charge on any atom is -0.350 e. The molecule has 3 rings (SSSR count). The molecule has 0 aromatic heterocycles. The van der Waals surface area contributed by atoms with Gasteiger partial charge in [0.1, 0.15) is 6.54 Å². The number of anilines is 1. The van der Waals surface area contributed by atoms with Gasteiger partial charge in [0.15, 0.2) is 0 Å². The lowest BCUT2D eigenvalue weighted by atomic mass is 10.0. The van der Waals surface area contributed by atoms with Crippen molar-refractivity contribution < 1.29 is 18.0 Å². The number of hydrogen-bond donors (Lipinski definition) is 1. The van der Waals surface area contributed by atoms with Crippen molar-refractivity contribution in [3.63, 3.8) is 0 Å². The smallest absolute Gasteiger partial charge is 0.243 e. The highest BCUT2D eigenvalue weighted by atomic mass is 32.2. The van der Waals surface area contributed by atoms with Crippen molar-refractivity contribution in [3.8, 4) is 0 Å². The summed E-state index contributed by atoms with van der Waals surface area (Å²) in [6.07, 6.45) is 4.31. The van der Waals surface area contributed by atoms with Crippen molar-refractivity contribution in [1.29, 1.82) is 0 Å². The Morgan fingerprint density at radius 2 is 1.97 bits per heavy atom. The van der Waals surface area contributed by atoms with Gasteiger partial charge < -0.3 is 10.2 Å². The fourth-order valence-corrected chi connectivity index (χ4v) is 5.83. The summed E-state index contributed by atoms with van der Waals surface area (Å²) in [6, 6.07) is 4.91. The molecule has 0 bridgehead atoms. The zero-order valence-electron chi connectivity index (χ0n) is 18.4. The summed E-state index contributed by atoms with van der Waals surface area (Å²) >= 11 is 0. The molecular formula is C22H33N3O4S. The maximum atomic E-state index is 13.2. The first kappa shape index (κ1) is 22.7. The van der Waals surface area contributed by atoms with Crippen LogP contribution < -0.4 is 10.2 Å². The second-order valence-electron chi connectivity index (χ2n) is 9.02. The molecular weight excluding hydrogens is 402 g/mol. The summed E-state index contributed by atoms with van der Waals surface area (Å²) < 4.78 is 27.9. The van der Waals surface area contributed by atoms with Crippen molar-refractivity contribution in [2.45, 2.75) is 82.7 Å². The lowest BCUT2D eigenvalue weighted by molar-refractivity contribution is -0.125. The largest absolute Gasteiger partial charge is 0.350 e. The van der Waals surface area contributed by atoms with Crippen molar-refractivity contribution in [2.24, 2.45) is 0 Å². The minimum atomic E-state index is -3.58. The van der Waals surface area contributed by atoms with Gasteiger partial charge in [0.2, 0.25) is 21.8 Å². The first-order valence-corrected chi connectivity index (χ1v) is 12.3. The van der Waals surface area contributed by atoms with E-state index in [0.29, 0.717) is 18.7 Å². The molecule has 8 heteroatoms. The van der Waals surface area contributed by atoms with E-state index in [2.05, 4.69) is 5.32 Å². The number of amides is 2. The maximum Gasteiger partial charge on any atom is 0.243 e. The summed E-state index contributed by atoms with van der Waals surface area (Å²) in [6.45, 7) is 8.30. The summed E-state index contributed by atoms with van der Waals surface area (Å²) in [5, 5.41) is 2.95. The molecule has 0 saturated carbocycles. The van der Waals surface area contributed by atoms with Crippen LogP contribution in [0.2, 0.25) is 0 Å². The van der Waals surface area contributed by atoms with Crippen LogP contribution in [-0.2, 0) is 26.0 Å². The van der Waals surface area contributed by atoms with E-state index in [9.17, 15) is 18.0 Å². The predicted octanol–water partition coefficient (Wildman–Crippen LogP) is 2.83. The van der Waals surface area contributed by atoms with E-state index in [-0.39, 0.29) is 41.3 Å². The topological polar surface area (TPSA) is 86.8 Å². The van der Waals surface area contributed by atoms with E-state index in [4.69, 9.17) is 0 Å². The Morgan fingerprint density at radius 3 is 2.63 bits per heavy atom. The minimum absolute atomic E-state index is 0.0107. The van der Waals surface area contributed by atoms with Gasteiger partial charge in [-0.2, -0.15) is 4.31 Å². The molecule has 0 spiro atoms. The van der Waals surface area contributed by atoms with Crippen molar-refractivity contribution in [2.75, 3.05) is 18.0 Å². The molecule has 0 unspecified atom stereocenters. The Kier molecular flexibility index (Phi) is 6.57. The van der Waals surface area contributed by atoms with E-state index in [0.717, 1.165) is 31.2 Å². The Balaban J connectivity index is 1.85. The first-order valence-electron chi connectivity index (χ1n) is 10.8. The van der Waals surface area contributed by atoms with Gasteiger partial charge in [-0.05, 0) is 70.2 Å².